The molecule has 1 unspecified atom stereocenters. The second-order valence-electron chi connectivity index (χ2n) is 6.51. The molecule has 30 heavy (non-hydrogen) atoms. The summed E-state index contributed by atoms with van der Waals surface area (Å²) in [6, 6.07) is 5.90. The Balaban J connectivity index is 2.96. The van der Waals surface area contributed by atoms with Gasteiger partial charge in [-0.2, -0.15) is 0 Å². The highest BCUT2D eigenvalue weighted by Gasteiger charge is 2.21. The summed E-state index contributed by atoms with van der Waals surface area (Å²) in [5.41, 5.74) is 7.82. The number of Topliss-reactive ketones (excluding diaryl/α,β-unsaturated/α-hetero) is 1. The van der Waals surface area contributed by atoms with E-state index in [0.29, 0.717) is 5.75 Å². The van der Waals surface area contributed by atoms with Crippen molar-refractivity contribution in [1.82, 2.24) is 5.32 Å². The third-order valence-electron chi connectivity index (χ3n) is 4.13. The highest BCUT2D eigenvalue weighted by atomic mass is 16.6. The van der Waals surface area contributed by atoms with Gasteiger partial charge in [0.15, 0.2) is 0 Å². The van der Waals surface area contributed by atoms with Crippen molar-refractivity contribution in [2.24, 2.45) is 5.73 Å². The van der Waals surface area contributed by atoms with Crippen LogP contribution in [0.2, 0.25) is 0 Å². The van der Waals surface area contributed by atoms with Gasteiger partial charge >= 0.3 is 12.1 Å². The molecule has 0 heterocycles. The molecule has 0 aliphatic carbocycles. The molecule has 1 aromatic carbocycles. The third-order valence-corrected chi connectivity index (χ3v) is 4.13. The molecule has 0 fully saturated rings. The van der Waals surface area contributed by atoms with Gasteiger partial charge in [-0.25, -0.2) is 4.79 Å². The summed E-state index contributed by atoms with van der Waals surface area (Å²) in [5.74, 6) is -0.666. The van der Waals surface area contributed by atoms with E-state index < -0.39 is 23.9 Å². The minimum atomic E-state index is -0.814. The standard InChI is InChI=1S/C23H28N2O5/c1-7-9-20(14(3)8-2)16(5)29-23(28)25-21(15(4)24)22(27)18-10-12-19(13-11-18)30-17(6)26/h7-13,16H,1,24H2,2-6H3,(H,25,28)/b14-8-,20-9+,21-15+. The molecule has 0 saturated carbocycles. The first-order valence-corrected chi connectivity index (χ1v) is 9.33. The molecule has 0 aromatic heterocycles. The van der Waals surface area contributed by atoms with E-state index in [-0.39, 0.29) is 17.0 Å². The number of hydrogen-bond donors (Lipinski definition) is 2. The molecule has 0 radical (unpaired) electrons. The van der Waals surface area contributed by atoms with E-state index in [0.717, 1.165) is 11.1 Å². The van der Waals surface area contributed by atoms with Gasteiger partial charge in [0, 0.05) is 18.2 Å². The number of alkyl carbamates (subject to hydrolysis) is 1. The number of esters is 1. The maximum absolute atomic E-state index is 12.8. The van der Waals surface area contributed by atoms with Gasteiger partial charge in [0.25, 0.3) is 0 Å². The van der Waals surface area contributed by atoms with E-state index in [2.05, 4.69) is 11.9 Å². The Morgan fingerprint density at radius 3 is 2.20 bits per heavy atom. The average Bonchev–Trinajstić information content (AvgIpc) is 2.68. The van der Waals surface area contributed by atoms with E-state index in [1.165, 1.54) is 38.1 Å². The molecular weight excluding hydrogens is 384 g/mol. The predicted octanol–water partition coefficient (Wildman–Crippen LogP) is 4.18. The van der Waals surface area contributed by atoms with Gasteiger partial charge in [-0.15, -0.1) is 0 Å². The molecule has 1 atom stereocenters. The third kappa shape index (κ3) is 7.09. The molecule has 160 valence electrons. The van der Waals surface area contributed by atoms with Crippen LogP contribution in [0.4, 0.5) is 4.79 Å². The number of carbonyl (C=O) groups is 3. The second kappa shape index (κ2) is 11.4. The highest BCUT2D eigenvalue weighted by molar-refractivity contribution is 6.10. The van der Waals surface area contributed by atoms with Crippen molar-refractivity contribution >= 4 is 17.8 Å². The summed E-state index contributed by atoms with van der Waals surface area (Å²) < 4.78 is 10.4. The van der Waals surface area contributed by atoms with E-state index in [9.17, 15) is 14.4 Å². The maximum atomic E-state index is 12.8. The van der Waals surface area contributed by atoms with E-state index in [1.54, 1.807) is 19.1 Å². The first-order valence-electron chi connectivity index (χ1n) is 9.33. The highest BCUT2D eigenvalue weighted by Crippen LogP contribution is 2.18. The van der Waals surface area contributed by atoms with Crippen molar-refractivity contribution in [2.45, 2.75) is 40.7 Å². The van der Waals surface area contributed by atoms with Crippen LogP contribution in [0, 0.1) is 0 Å². The number of carbonyl (C=O) groups excluding carboxylic acids is 3. The van der Waals surface area contributed by atoms with Crippen molar-refractivity contribution in [1.29, 1.82) is 0 Å². The smallest absolute Gasteiger partial charge is 0.412 e. The molecule has 3 N–H and O–H groups in total. The van der Waals surface area contributed by atoms with Gasteiger partial charge in [0.1, 0.15) is 17.6 Å². The lowest BCUT2D eigenvalue weighted by Gasteiger charge is -2.19. The quantitative estimate of drug-likeness (QED) is 0.218. The molecule has 0 saturated heterocycles. The van der Waals surface area contributed by atoms with Crippen LogP contribution in [0.5, 0.6) is 5.75 Å². The summed E-state index contributed by atoms with van der Waals surface area (Å²) in [5, 5.41) is 2.43. The monoisotopic (exact) mass is 412 g/mol. The van der Waals surface area contributed by atoms with Crippen LogP contribution in [0.3, 0.4) is 0 Å². The molecule has 1 rings (SSSR count). The number of allylic oxidation sites excluding steroid dienone is 5. The summed E-state index contributed by atoms with van der Waals surface area (Å²) in [4.78, 5) is 36.2. The molecule has 0 aliphatic heterocycles. The van der Waals surface area contributed by atoms with E-state index >= 15 is 0 Å². The van der Waals surface area contributed by atoms with Gasteiger partial charge < -0.3 is 15.2 Å². The Kier molecular flexibility index (Phi) is 9.29. The molecule has 7 nitrogen and oxygen atoms in total. The predicted molar refractivity (Wildman–Crippen MR) is 116 cm³/mol. The Hall–Kier alpha value is -3.61. The number of ketones is 1. The molecule has 1 aromatic rings. The van der Waals surface area contributed by atoms with Crippen LogP contribution in [-0.2, 0) is 9.53 Å². The maximum Gasteiger partial charge on any atom is 0.412 e. The fourth-order valence-corrected chi connectivity index (χ4v) is 2.56. The SMILES string of the molecule is C=C/C=C(\C(C)=C/C)C(C)OC(=O)N/C(C(=O)c1ccc(OC(C)=O)cc1)=C(\C)N. The topological polar surface area (TPSA) is 108 Å². The van der Waals surface area contributed by atoms with Crippen LogP contribution < -0.4 is 15.8 Å². The first-order chi connectivity index (χ1) is 14.1. The van der Waals surface area contributed by atoms with Crippen molar-refractivity contribution in [3.8, 4) is 5.75 Å². The number of hydrogen-bond acceptors (Lipinski definition) is 6. The van der Waals surface area contributed by atoms with Gasteiger partial charge in [-0.3, -0.25) is 14.9 Å². The lowest BCUT2D eigenvalue weighted by Crippen LogP contribution is -2.33. The first kappa shape index (κ1) is 24.4. The Morgan fingerprint density at radius 2 is 1.73 bits per heavy atom. The Morgan fingerprint density at radius 1 is 1.13 bits per heavy atom. The molecule has 0 spiro atoms. The Bertz CT molecular complexity index is 904. The normalized spacial score (nSPS) is 13.6. The minimum absolute atomic E-state index is 0.0931. The Labute approximate surface area is 176 Å². The van der Waals surface area contributed by atoms with E-state index in [4.69, 9.17) is 15.2 Å². The van der Waals surface area contributed by atoms with Crippen molar-refractivity contribution in [2.75, 3.05) is 0 Å². The zero-order valence-electron chi connectivity index (χ0n) is 17.9. The fourth-order valence-electron chi connectivity index (χ4n) is 2.56. The number of benzene rings is 1. The van der Waals surface area contributed by atoms with Crippen molar-refractivity contribution < 1.29 is 23.9 Å². The van der Waals surface area contributed by atoms with Crippen LogP contribution in [0.1, 0.15) is 45.0 Å². The molecule has 7 heteroatoms. The lowest BCUT2D eigenvalue weighted by molar-refractivity contribution is -0.131. The number of nitrogens with one attached hydrogen (secondary N) is 1. The second-order valence-corrected chi connectivity index (χ2v) is 6.51. The summed E-state index contributed by atoms with van der Waals surface area (Å²) >= 11 is 0. The van der Waals surface area contributed by atoms with Gasteiger partial charge in [-0.1, -0.05) is 24.8 Å². The summed E-state index contributed by atoms with van der Waals surface area (Å²) in [6.45, 7) is 11.9. The van der Waals surface area contributed by atoms with Crippen LogP contribution in [0.15, 0.2) is 71.6 Å². The minimum Gasteiger partial charge on any atom is -0.441 e. The zero-order chi connectivity index (χ0) is 22.8. The molecule has 0 aliphatic rings. The van der Waals surface area contributed by atoms with Crippen molar-refractivity contribution in [3.05, 3.63) is 77.2 Å². The van der Waals surface area contributed by atoms with Crippen molar-refractivity contribution in [3.63, 3.8) is 0 Å². The number of rotatable bonds is 8. The van der Waals surface area contributed by atoms with Crippen LogP contribution in [0.25, 0.3) is 0 Å². The number of nitrogens with two attached hydrogens (primary N) is 1. The van der Waals surface area contributed by atoms with Crippen LogP contribution in [-0.4, -0.2) is 23.9 Å². The number of amides is 1. The van der Waals surface area contributed by atoms with Crippen LogP contribution >= 0.6 is 0 Å². The van der Waals surface area contributed by atoms with Gasteiger partial charge in [-0.05, 0) is 63.1 Å². The zero-order valence-corrected chi connectivity index (χ0v) is 17.9. The molecular formula is C23H28N2O5. The van der Waals surface area contributed by atoms with Gasteiger partial charge in [0.2, 0.25) is 5.78 Å². The fraction of sp³-hybridized carbons (Fsp3) is 0.261. The number of ether oxygens (including phenoxy) is 2. The largest absolute Gasteiger partial charge is 0.441 e. The summed E-state index contributed by atoms with van der Waals surface area (Å²) in [6.07, 6.45) is 3.88. The average molecular weight is 412 g/mol. The molecule has 0 bridgehead atoms. The lowest BCUT2D eigenvalue weighted by atomic mass is 10.0. The van der Waals surface area contributed by atoms with Gasteiger partial charge in [0.05, 0.1) is 0 Å². The van der Waals surface area contributed by atoms with E-state index in [1.807, 2.05) is 19.9 Å². The molecule has 1 amide bonds. The summed E-state index contributed by atoms with van der Waals surface area (Å²) in [7, 11) is 0.